The number of hydrogen-bond donors (Lipinski definition) is 2. The van der Waals surface area contributed by atoms with E-state index in [4.69, 9.17) is 5.73 Å². The van der Waals surface area contributed by atoms with E-state index in [1.54, 1.807) is 11.3 Å². The van der Waals surface area contributed by atoms with Crippen molar-refractivity contribution in [3.05, 3.63) is 43.8 Å². The van der Waals surface area contributed by atoms with Gasteiger partial charge in [-0.3, -0.25) is 4.79 Å². The number of carbonyl (C=O) groups is 1. The lowest BCUT2D eigenvalue weighted by Gasteiger charge is -2.02. The molecule has 0 fully saturated rings. The van der Waals surface area contributed by atoms with Crippen LogP contribution in [0.2, 0.25) is 0 Å². The molecule has 0 saturated carbocycles. The van der Waals surface area contributed by atoms with Crippen LogP contribution in [-0.2, 0) is 13.0 Å². The van der Waals surface area contributed by atoms with E-state index in [9.17, 15) is 4.79 Å². The van der Waals surface area contributed by atoms with Gasteiger partial charge in [-0.25, -0.2) is 0 Å². The number of aryl methyl sites for hydroxylation is 1. The summed E-state index contributed by atoms with van der Waals surface area (Å²) in [4.78, 5) is 15.3. The molecule has 2 aromatic rings. The fourth-order valence-electron chi connectivity index (χ4n) is 1.68. The average Bonchev–Trinajstić information content (AvgIpc) is 3.11. The van der Waals surface area contributed by atoms with Gasteiger partial charge in [0.2, 0.25) is 0 Å². The first-order valence-corrected chi connectivity index (χ1v) is 8.06. The highest BCUT2D eigenvalue weighted by Crippen LogP contribution is 2.18. The zero-order valence-corrected chi connectivity index (χ0v) is 12.9. The van der Waals surface area contributed by atoms with Crippen LogP contribution in [0.5, 0.6) is 0 Å². The average molecular weight is 304 g/mol. The molecule has 0 saturated heterocycles. The molecule has 20 heavy (non-hydrogen) atoms. The predicted octanol–water partition coefficient (Wildman–Crippen LogP) is 2.61. The molecule has 0 radical (unpaired) electrons. The standard InChI is InChI=1S/C15H16N2OS2/c1-2-12-5-6-13(20-12)10-17-15(18)14-11(4-3-8-16)7-9-19-14/h5-7,9H,2,8,10,16H2,1H3,(H,17,18). The highest BCUT2D eigenvalue weighted by atomic mass is 32.1. The fraction of sp³-hybridized carbons (Fsp3) is 0.267. The van der Waals surface area contributed by atoms with E-state index in [0.717, 1.165) is 12.0 Å². The van der Waals surface area contributed by atoms with E-state index in [1.807, 2.05) is 11.4 Å². The van der Waals surface area contributed by atoms with E-state index in [2.05, 4.69) is 36.2 Å². The van der Waals surface area contributed by atoms with Crippen LogP contribution in [0.3, 0.4) is 0 Å². The van der Waals surface area contributed by atoms with E-state index in [0.29, 0.717) is 18.0 Å². The number of nitrogens with one attached hydrogen (secondary N) is 1. The Morgan fingerprint density at radius 2 is 2.15 bits per heavy atom. The van der Waals surface area contributed by atoms with E-state index < -0.39 is 0 Å². The number of hydrogen-bond acceptors (Lipinski definition) is 4. The van der Waals surface area contributed by atoms with Crippen molar-refractivity contribution in [3.63, 3.8) is 0 Å². The number of rotatable bonds is 4. The molecule has 0 spiro atoms. The quantitative estimate of drug-likeness (QED) is 0.853. The predicted molar refractivity (Wildman–Crippen MR) is 85.1 cm³/mol. The minimum Gasteiger partial charge on any atom is -0.346 e. The SMILES string of the molecule is CCc1ccc(CNC(=O)c2sccc2C#CCN)s1. The summed E-state index contributed by atoms with van der Waals surface area (Å²) in [7, 11) is 0. The number of carbonyl (C=O) groups excluding carboxylic acids is 1. The van der Waals surface area contributed by atoms with Gasteiger partial charge in [0.05, 0.1) is 13.1 Å². The van der Waals surface area contributed by atoms with Crippen LogP contribution >= 0.6 is 22.7 Å². The second kappa shape index (κ2) is 7.25. The summed E-state index contributed by atoms with van der Waals surface area (Å²) in [5.74, 6) is 5.62. The molecule has 2 rings (SSSR count). The lowest BCUT2D eigenvalue weighted by atomic mass is 10.2. The Morgan fingerprint density at radius 3 is 2.85 bits per heavy atom. The minimum atomic E-state index is -0.0761. The Balaban J connectivity index is 2.00. The van der Waals surface area contributed by atoms with Crippen molar-refractivity contribution in [3.8, 4) is 11.8 Å². The van der Waals surface area contributed by atoms with Crippen molar-refractivity contribution < 1.29 is 4.79 Å². The maximum atomic E-state index is 12.1. The first-order chi connectivity index (χ1) is 9.74. The van der Waals surface area contributed by atoms with Crippen LogP contribution < -0.4 is 11.1 Å². The summed E-state index contributed by atoms with van der Waals surface area (Å²) in [6.45, 7) is 2.99. The Hall–Kier alpha value is -1.61. The Morgan fingerprint density at radius 1 is 1.35 bits per heavy atom. The van der Waals surface area contributed by atoms with Gasteiger partial charge in [0, 0.05) is 15.3 Å². The second-order valence-electron chi connectivity index (χ2n) is 4.07. The van der Waals surface area contributed by atoms with E-state index in [1.165, 1.54) is 21.1 Å². The molecule has 0 bridgehead atoms. The maximum absolute atomic E-state index is 12.1. The van der Waals surface area contributed by atoms with Crippen molar-refractivity contribution in [1.29, 1.82) is 0 Å². The topological polar surface area (TPSA) is 55.1 Å². The third-order valence-corrected chi connectivity index (χ3v) is 4.83. The summed E-state index contributed by atoms with van der Waals surface area (Å²) in [6, 6.07) is 6.02. The van der Waals surface area contributed by atoms with Gasteiger partial charge in [0.25, 0.3) is 5.91 Å². The lowest BCUT2D eigenvalue weighted by molar-refractivity contribution is 0.0955. The van der Waals surface area contributed by atoms with Gasteiger partial charge in [-0.1, -0.05) is 18.8 Å². The molecule has 0 aromatic carbocycles. The van der Waals surface area contributed by atoms with Gasteiger partial charge in [0.15, 0.2) is 0 Å². The van der Waals surface area contributed by atoms with Crippen LogP contribution in [0.4, 0.5) is 0 Å². The Bertz CT molecular complexity index is 646. The Labute approximate surface area is 126 Å². The van der Waals surface area contributed by atoms with Crippen LogP contribution in [0.25, 0.3) is 0 Å². The van der Waals surface area contributed by atoms with Crippen molar-refractivity contribution in [2.75, 3.05) is 6.54 Å². The van der Waals surface area contributed by atoms with E-state index >= 15 is 0 Å². The molecule has 3 N–H and O–H groups in total. The van der Waals surface area contributed by atoms with Gasteiger partial charge in [-0.2, -0.15) is 0 Å². The zero-order chi connectivity index (χ0) is 14.4. The number of nitrogens with two attached hydrogens (primary N) is 1. The molecule has 0 aliphatic rings. The monoisotopic (exact) mass is 304 g/mol. The third kappa shape index (κ3) is 3.70. The molecule has 2 heterocycles. The minimum absolute atomic E-state index is 0.0761. The summed E-state index contributed by atoms with van der Waals surface area (Å²) < 4.78 is 0. The summed E-state index contributed by atoms with van der Waals surface area (Å²) in [5.41, 5.74) is 6.10. The lowest BCUT2D eigenvalue weighted by Crippen LogP contribution is -2.22. The number of amides is 1. The molecule has 1 amide bonds. The molecule has 104 valence electrons. The molecule has 0 aliphatic carbocycles. The van der Waals surface area contributed by atoms with Gasteiger partial charge in [-0.05, 0) is 30.0 Å². The fourth-order valence-corrected chi connectivity index (χ4v) is 3.35. The van der Waals surface area contributed by atoms with Gasteiger partial charge in [0.1, 0.15) is 4.88 Å². The molecular formula is C15H16N2OS2. The van der Waals surface area contributed by atoms with Crippen molar-refractivity contribution in [1.82, 2.24) is 5.32 Å². The van der Waals surface area contributed by atoms with Crippen LogP contribution in [0.1, 0.15) is 31.9 Å². The maximum Gasteiger partial charge on any atom is 0.262 e. The highest BCUT2D eigenvalue weighted by molar-refractivity contribution is 7.12. The first-order valence-electron chi connectivity index (χ1n) is 6.36. The molecular weight excluding hydrogens is 288 g/mol. The van der Waals surface area contributed by atoms with E-state index in [-0.39, 0.29) is 5.91 Å². The molecule has 0 unspecified atom stereocenters. The summed E-state index contributed by atoms with van der Waals surface area (Å²) >= 11 is 3.14. The highest BCUT2D eigenvalue weighted by Gasteiger charge is 2.11. The first kappa shape index (κ1) is 14.8. The normalized spacial score (nSPS) is 9.90. The molecule has 3 nitrogen and oxygen atoms in total. The van der Waals surface area contributed by atoms with Crippen LogP contribution in [-0.4, -0.2) is 12.5 Å². The van der Waals surface area contributed by atoms with Gasteiger partial charge < -0.3 is 11.1 Å². The van der Waals surface area contributed by atoms with Gasteiger partial charge in [-0.15, -0.1) is 22.7 Å². The van der Waals surface area contributed by atoms with Crippen molar-refractivity contribution >= 4 is 28.6 Å². The summed E-state index contributed by atoms with van der Waals surface area (Å²) in [6.07, 6.45) is 1.03. The van der Waals surface area contributed by atoms with Crippen molar-refractivity contribution in [2.45, 2.75) is 19.9 Å². The van der Waals surface area contributed by atoms with Crippen LogP contribution in [0, 0.1) is 11.8 Å². The van der Waals surface area contributed by atoms with Crippen molar-refractivity contribution in [2.24, 2.45) is 5.73 Å². The number of thiophene rings is 2. The summed E-state index contributed by atoms with van der Waals surface area (Å²) in [5, 5.41) is 4.81. The largest absolute Gasteiger partial charge is 0.346 e. The molecule has 5 heteroatoms. The molecule has 0 aliphatic heterocycles. The second-order valence-corrected chi connectivity index (χ2v) is 6.24. The van der Waals surface area contributed by atoms with Gasteiger partial charge >= 0.3 is 0 Å². The smallest absolute Gasteiger partial charge is 0.262 e. The molecule has 0 atom stereocenters. The Kier molecular flexibility index (Phi) is 5.36. The van der Waals surface area contributed by atoms with Crippen LogP contribution in [0.15, 0.2) is 23.6 Å². The third-order valence-electron chi connectivity index (χ3n) is 2.69. The molecule has 2 aromatic heterocycles. The zero-order valence-electron chi connectivity index (χ0n) is 11.2.